The second-order valence-electron chi connectivity index (χ2n) is 8.37. The fourth-order valence-corrected chi connectivity index (χ4v) is 3.59. The highest BCUT2D eigenvalue weighted by Crippen LogP contribution is 2.22. The standard InChI is InChI=1S/C23H29BrN4O/c1-5-27-21(8-6-7-20-14-13-19(24)15-25-20)26-28(22(27)29)16-17-9-11-18(12-10-17)23(2,3)4/h9-15H,5-8,16H2,1-4H3. The highest BCUT2D eigenvalue weighted by molar-refractivity contribution is 9.10. The summed E-state index contributed by atoms with van der Waals surface area (Å²) in [6, 6.07) is 12.5. The van der Waals surface area contributed by atoms with E-state index in [1.54, 1.807) is 9.25 Å². The van der Waals surface area contributed by atoms with Gasteiger partial charge in [0.2, 0.25) is 0 Å². The van der Waals surface area contributed by atoms with Crippen LogP contribution in [0.4, 0.5) is 0 Å². The first-order chi connectivity index (χ1) is 13.8. The fourth-order valence-electron chi connectivity index (χ4n) is 3.36. The van der Waals surface area contributed by atoms with E-state index < -0.39 is 0 Å². The maximum atomic E-state index is 12.8. The van der Waals surface area contributed by atoms with Gasteiger partial charge in [0.05, 0.1) is 6.54 Å². The van der Waals surface area contributed by atoms with Gasteiger partial charge in [0, 0.05) is 29.3 Å². The number of rotatable bonds is 7. The highest BCUT2D eigenvalue weighted by Gasteiger charge is 2.15. The molecule has 0 saturated carbocycles. The first kappa shape index (κ1) is 21.5. The number of hydrogen-bond donors (Lipinski definition) is 0. The normalized spacial score (nSPS) is 11.8. The Morgan fingerprint density at radius 1 is 1.03 bits per heavy atom. The van der Waals surface area contributed by atoms with E-state index in [0.717, 1.165) is 40.8 Å². The van der Waals surface area contributed by atoms with Gasteiger partial charge in [0.25, 0.3) is 0 Å². The Bertz CT molecular complexity index is 995. The molecule has 0 amide bonds. The average molecular weight is 457 g/mol. The van der Waals surface area contributed by atoms with Crippen molar-refractivity contribution in [3.05, 3.63) is 80.2 Å². The van der Waals surface area contributed by atoms with Crippen molar-refractivity contribution in [2.75, 3.05) is 0 Å². The number of nitrogens with zero attached hydrogens (tertiary/aromatic N) is 4. The lowest BCUT2D eigenvalue weighted by atomic mass is 9.87. The zero-order chi connectivity index (χ0) is 21.0. The summed E-state index contributed by atoms with van der Waals surface area (Å²) in [6.45, 7) is 9.72. The smallest absolute Gasteiger partial charge is 0.279 e. The van der Waals surface area contributed by atoms with Crippen LogP contribution >= 0.6 is 15.9 Å². The average Bonchev–Trinajstić information content (AvgIpc) is 2.97. The van der Waals surface area contributed by atoms with Crippen molar-refractivity contribution in [1.29, 1.82) is 0 Å². The van der Waals surface area contributed by atoms with E-state index in [-0.39, 0.29) is 11.1 Å². The molecule has 0 spiro atoms. The van der Waals surface area contributed by atoms with E-state index in [0.29, 0.717) is 13.1 Å². The third-order valence-corrected chi connectivity index (χ3v) is 5.56. The van der Waals surface area contributed by atoms with E-state index in [1.165, 1.54) is 5.56 Å². The van der Waals surface area contributed by atoms with Crippen LogP contribution in [0, 0.1) is 0 Å². The molecule has 2 aromatic heterocycles. The number of pyridine rings is 1. The maximum absolute atomic E-state index is 12.8. The molecule has 0 atom stereocenters. The van der Waals surface area contributed by atoms with E-state index >= 15 is 0 Å². The molecule has 154 valence electrons. The summed E-state index contributed by atoms with van der Waals surface area (Å²) >= 11 is 3.41. The molecule has 3 aromatic rings. The molecule has 0 N–H and O–H groups in total. The SMILES string of the molecule is CCn1c(CCCc2ccc(Br)cn2)nn(Cc2ccc(C(C)(C)C)cc2)c1=O. The molecular weight excluding hydrogens is 428 g/mol. The fraction of sp³-hybridized carbons (Fsp3) is 0.435. The molecule has 0 bridgehead atoms. The summed E-state index contributed by atoms with van der Waals surface area (Å²) in [4.78, 5) is 17.2. The molecule has 1 aromatic carbocycles. The molecule has 0 aliphatic carbocycles. The summed E-state index contributed by atoms with van der Waals surface area (Å²) < 4.78 is 4.34. The third-order valence-electron chi connectivity index (χ3n) is 5.09. The zero-order valence-electron chi connectivity index (χ0n) is 17.7. The minimum Gasteiger partial charge on any atom is -0.279 e. The summed E-state index contributed by atoms with van der Waals surface area (Å²) in [5, 5.41) is 4.63. The summed E-state index contributed by atoms with van der Waals surface area (Å²) in [6.07, 6.45) is 4.35. The van der Waals surface area contributed by atoms with Crippen LogP contribution in [0.25, 0.3) is 0 Å². The van der Waals surface area contributed by atoms with Crippen LogP contribution in [-0.4, -0.2) is 19.3 Å². The van der Waals surface area contributed by atoms with Gasteiger partial charge >= 0.3 is 5.69 Å². The molecule has 0 fully saturated rings. The Balaban J connectivity index is 1.70. The van der Waals surface area contributed by atoms with E-state index in [9.17, 15) is 4.79 Å². The Labute approximate surface area is 180 Å². The van der Waals surface area contributed by atoms with Gasteiger partial charge in [-0.3, -0.25) is 9.55 Å². The van der Waals surface area contributed by atoms with Gasteiger partial charge < -0.3 is 0 Å². The number of halogens is 1. The van der Waals surface area contributed by atoms with Gasteiger partial charge in [-0.25, -0.2) is 9.48 Å². The first-order valence-corrected chi connectivity index (χ1v) is 10.9. The Morgan fingerprint density at radius 2 is 1.76 bits per heavy atom. The molecule has 29 heavy (non-hydrogen) atoms. The lowest BCUT2D eigenvalue weighted by Crippen LogP contribution is -2.25. The van der Waals surface area contributed by atoms with Gasteiger partial charge in [-0.1, -0.05) is 45.0 Å². The number of hydrogen-bond acceptors (Lipinski definition) is 3. The van der Waals surface area contributed by atoms with Crippen LogP contribution in [0.5, 0.6) is 0 Å². The van der Waals surface area contributed by atoms with E-state index in [2.05, 4.69) is 71.0 Å². The predicted octanol–water partition coefficient (Wildman–Crippen LogP) is 4.74. The van der Waals surface area contributed by atoms with Crippen molar-refractivity contribution < 1.29 is 0 Å². The number of benzene rings is 1. The lowest BCUT2D eigenvalue weighted by Gasteiger charge is -2.19. The van der Waals surface area contributed by atoms with Crippen LogP contribution in [-0.2, 0) is 31.3 Å². The monoisotopic (exact) mass is 456 g/mol. The quantitative estimate of drug-likeness (QED) is 0.515. The second-order valence-corrected chi connectivity index (χ2v) is 9.28. The van der Waals surface area contributed by atoms with Gasteiger partial charge in [-0.15, -0.1) is 0 Å². The molecule has 2 heterocycles. The summed E-state index contributed by atoms with van der Waals surface area (Å²) in [5.74, 6) is 0.848. The molecular formula is C23H29BrN4O. The molecule has 6 heteroatoms. The van der Waals surface area contributed by atoms with Crippen molar-refractivity contribution in [2.45, 2.75) is 65.5 Å². The zero-order valence-corrected chi connectivity index (χ0v) is 19.2. The predicted molar refractivity (Wildman–Crippen MR) is 120 cm³/mol. The molecule has 5 nitrogen and oxygen atoms in total. The highest BCUT2D eigenvalue weighted by atomic mass is 79.9. The second kappa shape index (κ2) is 9.08. The van der Waals surface area contributed by atoms with E-state index in [4.69, 9.17) is 0 Å². The minimum atomic E-state index is -0.0378. The molecule has 0 radical (unpaired) electrons. The van der Waals surface area contributed by atoms with Gasteiger partial charge in [-0.2, -0.15) is 5.10 Å². The van der Waals surface area contributed by atoms with Crippen LogP contribution < -0.4 is 5.69 Å². The van der Waals surface area contributed by atoms with Crippen molar-refractivity contribution in [2.24, 2.45) is 0 Å². The van der Waals surface area contributed by atoms with Crippen LogP contribution in [0.1, 0.15) is 56.8 Å². The maximum Gasteiger partial charge on any atom is 0.346 e. The largest absolute Gasteiger partial charge is 0.346 e. The van der Waals surface area contributed by atoms with Crippen molar-refractivity contribution in [1.82, 2.24) is 19.3 Å². The Kier molecular flexibility index (Phi) is 6.73. The Morgan fingerprint density at radius 3 is 2.34 bits per heavy atom. The van der Waals surface area contributed by atoms with Gasteiger partial charge in [0.1, 0.15) is 5.82 Å². The van der Waals surface area contributed by atoms with Crippen molar-refractivity contribution in [3.63, 3.8) is 0 Å². The molecule has 0 aliphatic rings. The molecule has 0 aliphatic heterocycles. The molecule has 0 saturated heterocycles. The van der Waals surface area contributed by atoms with Crippen molar-refractivity contribution in [3.8, 4) is 0 Å². The third kappa shape index (κ3) is 5.44. The van der Waals surface area contributed by atoms with Crippen LogP contribution in [0.15, 0.2) is 51.9 Å². The van der Waals surface area contributed by atoms with Crippen LogP contribution in [0.3, 0.4) is 0 Å². The minimum absolute atomic E-state index is 0.0378. The molecule has 3 rings (SSSR count). The lowest BCUT2D eigenvalue weighted by molar-refractivity contribution is 0.588. The van der Waals surface area contributed by atoms with E-state index in [1.807, 2.05) is 25.3 Å². The Hall–Kier alpha value is -2.21. The summed E-state index contributed by atoms with van der Waals surface area (Å²) in [5.41, 5.74) is 3.51. The topological polar surface area (TPSA) is 52.7 Å². The van der Waals surface area contributed by atoms with Gasteiger partial charge in [0.15, 0.2) is 0 Å². The number of aryl methyl sites for hydroxylation is 2. The van der Waals surface area contributed by atoms with Crippen LogP contribution in [0.2, 0.25) is 0 Å². The summed E-state index contributed by atoms with van der Waals surface area (Å²) in [7, 11) is 0. The molecule has 0 unspecified atom stereocenters. The van der Waals surface area contributed by atoms with Crippen molar-refractivity contribution >= 4 is 15.9 Å². The first-order valence-electron chi connectivity index (χ1n) is 10.1. The van der Waals surface area contributed by atoms with Gasteiger partial charge in [-0.05, 0) is 64.4 Å². The number of aromatic nitrogens is 4.